The molecule has 7 nitrogen and oxygen atoms in total. The number of guanidine groups is 1. The van der Waals surface area contributed by atoms with Gasteiger partial charge in [0.15, 0.2) is 11.8 Å². The van der Waals surface area contributed by atoms with Gasteiger partial charge in [-0.15, -0.1) is 10.2 Å². The van der Waals surface area contributed by atoms with E-state index in [1.165, 1.54) is 0 Å². The molecule has 25 heavy (non-hydrogen) atoms. The highest BCUT2D eigenvalue weighted by Gasteiger charge is 2.13. The summed E-state index contributed by atoms with van der Waals surface area (Å²) in [6, 6.07) is 1.08. The summed E-state index contributed by atoms with van der Waals surface area (Å²) in [5.74, 6) is 2.63. The fourth-order valence-electron chi connectivity index (χ4n) is 2.71. The van der Waals surface area contributed by atoms with Crippen molar-refractivity contribution in [3.63, 3.8) is 0 Å². The maximum absolute atomic E-state index is 4.68. The predicted molar refractivity (Wildman–Crippen MR) is 105 cm³/mol. The van der Waals surface area contributed by atoms with E-state index in [-0.39, 0.29) is 0 Å². The molecule has 0 saturated carbocycles. The molecule has 0 spiro atoms. The molecule has 0 bridgehead atoms. The number of hydrogen-bond donors (Lipinski definition) is 2. The average molecular weight is 352 g/mol. The number of nitrogens with one attached hydrogen (secondary N) is 2. The first-order valence-corrected chi connectivity index (χ1v) is 9.49. The van der Waals surface area contributed by atoms with Crippen LogP contribution in [0.2, 0.25) is 0 Å². The summed E-state index contributed by atoms with van der Waals surface area (Å²) in [6.45, 7) is 16.4. The SMILES string of the molecule is CCCCNC(=NCc1nnc(C)n1C)NCCN(C(C)C)C(C)C. The second kappa shape index (κ2) is 11.1. The third-order valence-corrected chi connectivity index (χ3v) is 4.37. The van der Waals surface area contributed by atoms with Crippen molar-refractivity contribution in [3.05, 3.63) is 11.6 Å². The topological polar surface area (TPSA) is 70.4 Å². The number of unbranched alkanes of at least 4 members (excludes halogenated alkanes) is 1. The largest absolute Gasteiger partial charge is 0.356 e. The molecule has 0 aliphatic heterocycles. The molecule has 0 amide bonds. The van der Waals surface area contributed by atoms with Crippen LogP contribution in [0.4, 0.5) is 0 Å². The van der Waals surface area contributed by atoms with Gasteiger partial charge < -0.3 is 15.2 Å². The Morgan fingerprint density at radius 3 is 2.28 bits per heavy atom. The average Bonchev–Trinajstić information content (AvgIpc) is 2.87. The zero-order valence-electron chi connectivity index (χ0n) is 17.1. The van der Waals surface area contributed by atoms with E-state index in [1.54, 1.807) is 0 Å². The number of aromatic nitrogens is 3. The summed E-state index contributed by atoms with van der Waals surface area (Å²) in [5.41, 5.74) is 0. The maximum atomic E-state index is 4.68. The fraction of sp³-hybridized carbons (Fsp3) is 0.833. The van der Waals surface area contributed by atoms with Gasteiger partial charge >= 0.3 is 0 Å². The minimum absolute atomic E-state index is 0.525. The summed E-state index contributed by atoms with van der Waals surface area (Å²) in [5, 5.41) is 15.1. The van der Waals surface area contributed by atoms with Crippen molar-refractivity contribution in [1.82, 2.24) is 30.3 Å². The van der Waals surface area contributed by atoms with Crippen molar-refractivity contribution < 1.29 is 0 Å². The quantitative estimate of drug-likeness (QED) is 0.384. The van der Waals surface area contributed by atoms with Crippen LogP contribution in [0.25, 0.3) is 0 Å². The molecule has 0 aliphatic carbocycles. The summed E-state index contributed by atoms with van der Waals surface area (Å²) >= 11 is 0. The van der Waals surface area contributed by atoms with Gasteiger partial charge in [-0.25, -0.2) is 4.99 Å². The van der Waals surface area contributed by atoms with Crippen molar-refractivity contribution in [2.75, 3.05) is 19.6 Å². The predicted octanol–water partition coefficient (Wildman–Crippen LogP) is 2.08. The van der Waals surface area contributed by atoms with E-state index in [0.717, 1.165) is 50.1 Å². The van der Waals surface area contributed by atoms with Crippen molar-refractivity contribution in [2.45, 2.75) is 73.0 Å². The van der Waals surface area contributed by atoms with Crippen LogP contribution < -0.4 is 10.6 Å². The molecule has 1 rings (SSSR count). The Morgan fingerprint density at radius 2 is 1.76 bits per heavy atom. The van der Waals surface area contributed by atoms with Crippen LogP contribution in [0, 0.1) is 6.92 Å². The number of rotatable bonds is 10. The highest BCUT2D eigenvalue weighted by molar-refractivity contribution is 5.79. The molecule has 0 unspecified atom stereocenters. The Bertz CT molecular complexity index is 511. The van der Waals surface area contributed by atoms with Crippen molar-refractivity contribution in [1.29, 1.82) is 0 Å². The van der Waals surface area contributed by atoms with Crippen molar-refractivity contribution in [3.8, 4) is 0 Å². The zero-order valence-corrected chi connectivity index (χ0v) is 17.1. The Morgan fingerprint density at radius 1 is 1.12 bits per heavy atom. The lowest BCUT2D eigenvalue weighted by molar-refractivity contribution is 0.178. The molecule has 0 aliphatic rings. The van der Waals surface area contributed by atoms with Gasteiger partial charge in [-0.3, -0.25) is 4.90 Å². The number of nitrogens with zero attached hydrogens (tertiary/aromatic N) is 5. The van der Waals surface area contributed by atoms with E-state index in [0.29, 0.717) is 18.6 Å². The van der Waals surface area contributed by atoms with Crippen LogP contribution in [-0.2, 0) is 13.6 Å². The van der Waals surface area contributed by atoms with Gasteiger partial charge in [0.05, 0.1) is 0 Å². The zero-order chi connectivity index (χ0) is 18.8. The Balaban J connectivity index is 2.62. The third-order valence-electron chi connectivity index (χ3n) is 4.37. The Hall–Kier alpha value is -1.63. The smallest absolute Gasteiger partial charge is 0.191 e. The molecule has 0 saturated heterocycles. The van der Waals surface area contributed by atoms with Gasteiger partial charge in [-0.05, 0) is 41.0 Å². The Labute approximate surface area is 153 Å². The lowest BCUT2D eigenvalue weighted by atomic mass is 10.2. The van der Waals surface area contributed by atoms with E-state index in [1.807, 2.05) is 18.5 Å². The maximum Gasteiger partial charge on any atom is 0.191 e. The van der Waals surface area contributed by atoms with E-state index in [9.17, 15) is 0 Å². The molecule has 2 N–H and O–H groups in total. The van der Waals surface area contributed by atoms with Crippen molar-refractivity contribution >= 4 is 5.96 Å². The molecule has 0 aromatic carbocycles. The van der Waals surface area contributed by atoms with Crippen LogP contribution in [0.5, 0.6) is 0 Å². The minimum atomic E-state index is 0.525. The molecule has 1 aromatic rings. The molecule has 1 aromatic heterocycles. The standard InChI is InChI=1S/C18H37N7/c1-8-9-10-19-18(20-11-12-25(14(2)3)15(4)5)21-13-17-23-22-16(6)24(17)7/h14-15H,8-13H2,1-7H3,(H2,19,20,21). The van der Waals surface area contributed by atoms with Gasteiger partial charge in [0.2, 0.25) is 0 Å². The van der Waals surface area contributed by atoms with Gasteiger partial charge in [0, 0.05) is 38.8 Å². The van der Waals surface area contributed by atoms with Gasteiger partial charge in [-0.2, -0.15) is 0 Å². The fourth-order valence-corrected chi connectivity index (χ4v) is 2.71. The molecular weight excluding hydrogens is 314 g/mol. The monoisotopic (exact) mass is 351 g/mol. The van der Waals surface area contributed by atoms with Crippen LogP contribution in [0.1, 0.15) is 59.1 Å². The lowest BCUT2D eigenvalue weighted by Gasteiger charge is -2.30. The number of hydrogen-bond acceptors (Lipinski definition) is 4. The van der Waals surface area contributed by atoms with Gasteiger partial charge in [0.1, 0.15) is 12.4 Å². The highest BCUT2D eigenvalue weighted by atomic mass is 15.3. The number of aliphatic imine (C=N–C) groups is 1. The molecule has 7 heteroatoms. The molecule has 144 valence electrons. The Kier molecular flexibility index (Phi) is 9.49. The highest BCUT2D eigenvalue weighted by Crippen LogP contribution is 2.03. The van der Waals surface area contributed by atoms with Gasteiger partial charge in [0.25, 0.3) is 0 Å². The summed E-state index contributed by atoms with van der Waals surface area (Å²) in [4.78, 5) is 7.15. The molecular formula is C18H37N7. The van der Waals surface area contributed by atoms with Crippen LogP contribution in [0.15, 0.2) is 4.99 Å². The molecule has 1 heterocycles. The lowest BCUT2D eigenvalue weighted by Crippen LogP contribution is -2.45. The van der Waals surface area contributed by atoms with E-state index in [4.69, 9.17) is 0 Å². The number of aryl methyl sites for hydroxylation is 1. The van der Waals surface area contributed by atoms with Crippen LogP contribution >= 0.6 is 0 Å². The summed E-state index contributed by atoms with van der Waals surface area (Å²) in [6.07, 6.45) is 2.30. The van der Waals surface area contributed by atoms with E-state index in [2.05, 4.69) is 65.3 Å². The van der Waals surface area contributed by atoms with E-state index >= 15 is 0 Å². The second-order valence-corrected chi connectivity index (χ2v) is 7.02. The van der Waals surface area contributed by atoms with Crippen LogP contribution in [0.3, 0.4) is 0 Å². The summed E-state index contributed by atoms with van der Waals surface area (Å²) < 4.78 is 1.98. The minimum Gasteiger partial charge on any atom is -0.356 e. The second-order valence-electron chi connectivity index (χ2n) is 7.02. The first kappa shape index (κ1) is 21.4. The normalized spacial score (nSPS) is 12.5. The van der Waals surface area contributed by atoms with E-state index < -0.39 is 0 Å². The van der Waals surface area contributed by atoms with Crippen molar-refractivity contribution in [2.24, 2.45) is 12.0 Å². The summed E-state index contributed by atoms with van der Waals surface area (Å²) in [7, 11) is 1.97. The molecule has 0 atom stereocenters. The third kappa shape index (κ3) is 7.42. The first-order valence-electron chi connectivity index (χ1n) is 9.49. The van der Waals surface area contributed by atoms with Crippen LogP contribution in [-0.4, -0.2) is 57.3 Å². The van der Waals surface area contributed by atoms with Gasteiger partial charge in [-0.1, -0.05) is 13.3 Å². The molecule has 0 radical (unpaired) electrons. The first-order chi connectivity index (χ1) is 11.9. The molecule has 0 fully saturated rings.